The van der Waals surface area contributed by atoms with Crippen LogP contribution in [0.15, 0.2) is 0 Å². The topological polar surface area (TPSA) is 66.4 Å². The zero-order chi connectivity index (χ0) is 25.7. The maximum absolute atomic E-state index is 11.6. The summed E-state index contributed by atoms with van der Waals surface area (Å²) >= 11 is 0. The second-order valence-electron chi connectivity index (χ2n) is 9.71. The van der Waals surface area contributed by atoms with Crippen LogP contribution in [0.25, 0.3) is 0 Å². The van der Waals surface area contributed by atoms with E-state index in [2.05, 4.69) is 35.9 Å². The average molecular weight is 488 g/mol. The molecular formula is C31H53NO3. The molecule has 35 heavy (non-hydrogen) atoms. The number of hydrogen-bond acceptors (Lipinski definition) is 2. The molecule has 0 atom stereocenters. The smallest absolute Gasteiger partial charge is 0.303 e. The summed E-state index contributed by atoms with van der Waals surface area (Å²) in [6.45, 7) is 3.00. The molecule has 1 amide bonds. The molecule has 200 valence electrons. The molecule has 0 aromatic carbocycles. The van der Waals surface area contributed by atoms with Crippen LogP contribution >= 0.6 is 0 Å². The van der Waals surface area contributed by atoms with Gasteiger partial charge in [0.1, 0.15) is 0 Å². The van der Waals surface area contributed by atoms with Gasteiger partial charge in [-0.15, -0.1) is 0 Å². The van der Waals surface area contributed by atoms with E-state index >= 15 is 0 Å². The van der Waals surface area contributed by atoms with Gasteiger partial charge >= 0.3 is 5.97 Å². The molecule has 0 bridgehead atoms. The third kappa shape index (κ3) is 30.0. The predicted molar refractivity (Wildman–Crippen MR) is 148 cm³/mol. The van der Waals surface area contributed by atoms with Crippen molar-refractivity contribution < 1.29 is 14.7 Å². The van der Waals surface area contributed by atoms with Crippen LogP contribution in [-0.4, -0.2) is 23.5 Å². The van der Waals surface area contributed by atoms with Gasteiger partial charge in [-0.3, -0.25) is 9.59 Å². The second-order valence-corrected chi connectivity index (χ2v) is 9.71. The second kappa shape index (κ2) is 28.3. The summed E-state index contributed by atoms with van der Waals surface area (Å²) in [5.74, 6) is 11.6. The largest absolute Gasteiger partial charge is 0.481 e. The lowest BCUT2D eigenvalue weighted by Gasteiger charge is -2.05. The summed E-state index contributed by atoms with van der Waals surface area (Å²) in [7, 11) is 0. The molecule has 0 aliphatic rings. The molecule has 0 unspecified atom stereocenters. The van der Waals surface area contributed by atoms with Gasteiger partial charge < -0.3 is 10.4 Å². The Morgan fingerprint density at radius 3 is 1.49 bits per heavy atom. The SMILES string of the molecule is CCCCCCCCCCCCC#CC#CCCCCCCCCCNC(=O)CCCCC(=O)O. The minimum absolute atomic E-state index is 0.0417. The Morgan fingerprint density at radius 2 is 1.00 bits per heavy atom. The number of nitrogens with one attached hydrogen (secondary N) is 1. The van der Waals surface area contributed by atoms with Crippen molar-refractivity contribution in [2.75, 3.05) is 6.54 Å². The number of rotatable bonds is 24. The van der Waals surface area contributed by atoms with Crippen molar-refractivity contribution in [2.24, 2.45) is 0 Å². The van der Waals surface area contributed by atoms with E-state index in [0.717, 1.165) is 38.6 Å². The zero-order valence-corrected chi connectivity index (χ0v) is 22.7. The van der Waals surface area contributed by atoms with Crippen molar-refractivity contribution >= 4 is 11.9 Å². The molecule has 2 N–H and O–H groups in total. The summed E-state index contributed by atoms with van der Waals surface area (Å²) in [5, 5.41) is 11.5. The third-order valence-corrected chi connectivity index (χ3v) is 6.24. The number of carboxylic acids is 1. The monoisotopic (exact) mass is 487 g/mol. The molecule has 0 heterocycles. The first-order valence-corrected chi connectivity index (χ1v) is 14.6. The van der Waals surface area contributed by atoms with Crippen molar-refractivity contribution in [2.45, 2.75) is 155 Å². The van der Waals surface area contributed by atoms with Crippen molar-refractivity contribution in [3.8, 4) is 23.7 Å². The average Bonchev–Trinajstić information content (AvgIpc) is 2.84. The minimum Gasteiger partial charge on any atom is -0.481 e. The molecule has 0 saturated carbocycles. The standard InChI is InChI=1S/C31H53NO3/c1-2-3-4-5-6-7-8-9-10-11-12-13-14-15-16-17-18-19-20-21-22-23-26-29-32-30(33)27-24-25-28-31(34)35/h2-12,17-29H2,1H3,(H,32,33)(H,34,35). The Bertz CT molecular complexity index is 621. The lowest BCUT2D eigenvalue weighted by atomic mass is 10.1. The van der Waals surface area contributed by atoms with Crippen LogP contribution in [0.4, 0.5) is 0 Å². The summed E-state index contributed by atoms with van der Waals surface area (Å²) in [5.41, 5.74) is 0. The lowest BCUT2D eigenvalue weighted by Crippen LogP contribution is -2.24. The molecule has 0 saturated heterocycles. The zero-order valence-electron chi connectivity index (χ0n) is 22.7. The Balaban J connectivity index is 3.30. The maximum Gasteiger partial charge on any atom is 0.303 e. The fourth-order valence-electron chi connectivity index (χ4n) is 4.01. The predicted octanol–water partition coefficient (Wildman–Crippen LogP) is 8.19. The first kappa shape index (κ1) is 33.1. The Morgan fingerprint density at radius 1 is 0.571 bits per heavy atom. The third-order valence-electron chi connectivity index (χ3n) is 6.24. The number of aliphatic carboxylic acids is 1. The summed E-state index contributed by atoms with van der Waals surface area (Å²) in [6, 6.07) is 0. The van der Waals surface area contributed by atoms with Gasteiger partial charge in [-0.2, -0.15) is 0 Å². The highest BCUT2D eigenvalue weighted by molar-refractivity contribution is 5.75. The number of carboxylic acid groups (broad SMARTS) is 1. The van der Waals surface area contributed by atoms with Crippen LogP contribution in [0.2, 0.25) is 0 Å². The van der Waals surface area contributed by atoms with E-state index in [9.17, 15) is 9.59 Å². The van der Waals surface area contributed by atoms with E-state index < -0.39 is 5.97 Å². The van der Waals surface area contributed by atoms with E-state index in [1.807, 2.05) is 0 Å². The highest BCUT2D eigenvalue weighted by Gasteiger charge is 2.02. The van der Waals surface area contributed by atoms with Crippen LogP contribution in [-0.2, 0) is 9.59 Å². The van der Waals surface area contributed by atoms with Gasteiger partial charge in [0.2, 0.25) is 5.91 Å². The molecule has 4 heteroatoms. The number of unbranched alkanes of at least 4 members (excludes halogenated alkanes) is 18. The van der Waals surface area contributed by atoms with Gasteiger partial charge in [-0.25, -0.2) is 0 Å². The minimum atomic E-state index is -0.794. The van der Waals surface area contributed by atoms with Gasteiger partial charge in [0.25, 0.3) is 0 Å². The van der Waals surface area contributed by atoms with Gasteiger partial charge in [0.05, 0.1) is 0 Å². The fourth-order valence-corrected chi connectivity index (χ4v) is 4.01. The molecule has 0 fully saturated rings. The molecule has 0 spiro atoms. The number of carbonyl (C=O) groups excluding carboxylic acids is 1. The maximum atomic E-state index is 11.6. The van der Waals surface area contributed by atoms with Crippen molar-refractivity contribution in [3.63, 3.8) is 0 Å². The van der Waals surface area contributed by atoms with Crippen LogP contribution in [0.5, 0.6) is 0 Å². The van der Waals surface area contributed by atoms with E-state index in [1.165, 1.54) is 89.9 Å². The molecule has 4 nitrogen and oxygen atoms in total. The Hall–Kier alpha value is -1.94. The Kier molecular flexibility index (Phi) is 26.7. The van der Waals surface area contributed by atoms with Crippen molar-refractivity contribution in [1.29, 1.82) is 0 Å². The van der Waals surface area contributed by atoms with Gasteiger partial charge in [0.15, 0.2) is 0 Å². The van der Waals surface area contributed by atoms with Crippen LogP contribution < -0.4 is 5.32 Å². The first-order chi connectivity index (χ1) is 17.2. The summed E-state index contributed by atoms with van der Waals surface area (Å²) < 4.78 is 0. The van der Waals surface area contributed by atoms with E-state index in [1.54, 1.807) is 0 Å². The Labute approximate surface area is 216 Å². The van der Waals surface area contributed by atoms with E-state index in [4.69, 9.17) is 5.11 Å². The molecule has 0 aromatic heterocycles. The molecule has 0 aliphatic heterocycles. The normalized spacial score (nSPS) is 10.2. The fraction of sp³-hybridized carbons (Fsp3) is 0.806. The van der Waals surface area contributed by atoms with Gasteiger partial charge in [0, 0.05) is 32.2 Å². The van der Waals surface area contributed by atoms with Crippen LogP contribution in [0, 0.1) is 23.7 Å². The van der Waals surface area contributed by atoms with Crippen LogP contribution in [0.3, 0.4) is 0 Å². The molecule has 0 aliphatic carbocycles. The van der Waals surface area contributed by atoms with Crippen LogP contribution in [0.1, 0.15) is 155 Å². The van der Waals surface area contributed by atoms with Crippen molar-refractivity contribution in [3.05, 3.63) is 0 Å². The molecular weight excluding hydrogens is 434 g/mol. The van der Waals surface area contributed by atoms with E-state index in [0.29, 0.717) is 19.3 Å². The molecule has 0 rings (SSSR count). The van der Waals surface area contributed by atoms with Gasteiger partial charge in [-0.1, -0.05) is 109 Å². The molecule has 0 radical (unpaired) electrons. The first-order valence-electron chi connectivity index (χ1n) is 14.6. The quantitative estimate of drug-likeness (QED) is 0.106. The molecule has 0 aromatic rings. The lowest BCUT2D eigenvalue weighted by molar-refractivity contribution is -0.137. The number of carbonyl (C=O) groups is 2. The summed E-state index contributed by atoms with van der Waals surface area (Å²) in [4.78, 5) is 22.1. The highest BCUT2D eigenvalue weighted by atomic mass is 16.4. The van der Waals surface area contributed by atoms with Crippen molar-refractivity contribution in [1.82, 2.24) is 5.32 Å². The number of amides is 1. The summed E-state index contributed by atoms with van der Waals surface area (Å²) in [6.07, 6.45) is 25.6. The van der Waals surface area contributed by atoms with Gasteiger partial charge in [-0.05, 0) is 43.9 Å². The van der Waals surface area contributed by atoms with E-state index in [-0.39, 0.29) is 12.3 Å². The highest BCUT2D eigenvalue weighted by Crippen LogP contribution is 2.11. The number of hydrogen-bond donors (Lipinski definition) is 2.